The first-order valence-corrected chi connectivity index (χ1v) is 8.17. The summed E-state index contributed by atoms with van der Waals surface area (Å²) in [7, 11) is 2.19. The number of aryl methyl sites for hydroxylation is 2. The van der Waals surface area contributed by atoms with Crippen LogP contribution in [-0.2, 0) is 6.54 Å². The van der Waals surface area contributed by atoms with E-state index in [-0.39, 0.29) is 5.91 Å². The van der Waals surface area contributed by atoms with E-state index in [1.54, 1.807) is 0 Å². The minimum Gasteiger partial charge on any atom is -0.333 e. The zero-order valence-corrected chi connectivity index (χ0v) is 13.4. The van der Waals surface area contributed by atoms with Gasteiger partial charge in [0.25, 0.3) is 5.91 Å². The summed E-state index contributed by atoms with van der Waals surface area (Å²) < 4.78 is 1.84. The Hall–Kier alpha value is -1.36. The Balaban J connectivity index is 1.82. The lowest BCUT2D eigenvalue weighted by Crippen LogP contribution is -2.47. The van der Waals surface area contributed by atoms with Crippen LogP contribution in [0, 0.1) is 6.92 Å². The quantitative estimate of drug-likeness (QED) is 0.854. The summed E-state index contributed by atoms with van der Waals surface area (Å²) in [5.41, 5.74) is 1.68. The number of aromatic nitrogens is 2. The predicted molar refractivity (Wildman–Crippen MR) is 82.3 cm³/mol. The van der Waals surface area contributed by atoms with Crippen LogP contribution in [0.25, 0.3) is 0 Å². The minimum atomic E-state index is 0.167. The van der Waals surface area contributed by atoms with E-state index in [1.807, 2.05) is 24.6 Å². The van der Waals surface area contributed by atoms with Crippen molar-refractivity contribution in [1.29, 1.82) is 0 Å². The first-order valence-electron chi connectivity index (χ1n) is 8.17. The van der Waals surface area contributed by atoms with Crippen molar-refractivity contribution >= 4 is 5.91 Å². The Kier molecular flexibility index (Phi) is 4.02. The van der Waals surface area contributed by atoms with Gasteiger partial charge in [-0.25, -0.2) is 0 Å². The first-order chi connectivity index (χ1) is 10.1. The maximum atomic E-state index is 13.0. The molecule has 2 aliphatic heterocycles. The summed E-state index contributed by atoms with van der Waals surface area (Å²) in [6.07, 6.45) is 4.74. The molecule has 2 aliphatic rings. The van der Waals surface area contributed by atoms with Crippen molar-refractivity contribution in [2.45, 2.75) is 58.2 Å². The summed E-state index contributed by atoms with van der Waals surface area (Å²) in [5, 5.41) is 4.42. The van der Waals surface area contributed by atoms with E-state index in [9.17, 15) is 4.79 Å². The fourth-order valence-electron chi connectivity index (χ4n) is 3.97. The van der Waals surface area contributed by atoms with Gasteiger partial charge in [0, 0.05) is 25.2 Å². The molecule has 2 saturated heterocycles. The topological polar surface area (TPSA) is 41.4 Å². The van der Waals surface area contributed by atoms with Crippen LogP contribution in [0.2, 0.25) is 0 Å². The third kappa shape index (κ3) is 2.59. The lowest BCUT2D eigenvalue weighted by atomic mass is 10.0. The lowest BCUT2D eigenvalue weighted by Gasteiger charge is -2.33. The zero-order chi connectivity index (χ0) is 15.0. The highest BCUT2D eigenvalue weighted by Gasteiger charge is 2.39. The molecule has 0 N–H and O–H groups in total. The molecule has 0 saturated carbocycles. The molecule has 5 heteroatoms. The Morgan fingerprint density at radius 3 is 2.67 bits per heavy atom. The SMILES string of the molecule is CCn1nc(C)cc1C(=O)N1CCCC1C1CCCN1C. The van der Waals surface area contributed by atoms with Crippen molar-refractivity contribution in [2.75, 3.05) is 20.1 Å². The van der Waals surface area contributed by atoms with E-state index in [4.69, 9.17) is 0 Å². The molecule has 21 heavy (non-hydrogen) atoms. The molecule has 0 aliphatic carbocycles. The van der Waals surface area contributed by atoms with Gasteiger partial charge >= 0.3 is 0 Å². The van der Waals surface area contributed by atoms with Crippen LogP contribution >= 0.6 is 0 Å². The van der Waals surface area contributed by atoms with E-state index < -0.39 is 0 Å². The monoisotopic (exact) mass is 290 g/mol. The van der Waals surface area contributed by atoms with E-state index in [1.165, 1.54) is 12.8 Å². The largest absolute Gasteiger partial charge is 0.333 e. The van der Waals surface area contributed by atoms with Crippen LogP contribution < -0.4 is 0 Å². The Labute approximate surface area is 126 Å². The molecule has 1 amide bonds. The van der Waals surface area contributed by atoms with Crippen molar-refractivity contribution in [3.8, 4) is 0 Å². The second-order valence-corrected chi connectivity index (χ2v) is 6.39. The summed E-state index contributed by atoms with van der Waals surface area (Å²) >= 11 is 0. The number of amides is 1. The van der Waals surface area contributed by atoms with E-state index in [0.717, 1.165) is 43.9 Å². The molecule has 0 bridgehead atoms. The number of likely N-dealkylation sites (N-methyl/N-ethyl adjacent to an activating group) is 1. The number of nitrogens with zero attached hydrogens (tertiary/aromatic N) is 4. The maximum absolute atomic E-state index is 13.0. The third-order valence-electron chi connectivity index (χ3n) is 5.00. The molecule has 1 aromatic rings. The number of rotatable bonds is 3. The molecule has 3 rings (SSSR count). The maximum Gasteiger partial charge on any atom is 0.272 e. The second-order valence-electron chi connectivity index (χ2n) is 6.39. The molecule has 2 fully saturated rings. The van der Waals surface area contributed by atoms with Crippen LogP contribution in [-0.4, -0.2) is 57.7 Å². The molecule has 0 radical (unpaired) electrons. The van der Waals surface area contributed by atoms with E-state index in [0.29, 0.717) is 12.1 Å². The van der Waals surface area contributed by atoms with Gasteiger partial charge < -0.3 is 9.80 Å². The Morgan fingerprint density at radius 1 is 1.29 bits per heavy atom. The van der Waals surface area contributed by atoms with Gasteiger partial charge in [0.2, 0.25) is 0 Å². The molecule has 1 aromatic heterocycles. The van der Waals surface area contributed by atoms with Crippen LogP contribution in [0.5, 0.6) is 0 Å². The standard InChI is InChI=1S/C16H26N4O/c1-4-20-15(11-12(2)17-20)16(21)19-10-6-8-14(19)13-7-5-9-18(13)3/h11,13-14H,4-10H2,1-3H3. The highest BCUT2D eigenvalue weighted by molar-refractivity contribution is 5.93. The lowest BCUT2D eigenvalue weighted by molar-refractivity contribution is 0.0652. The molecule has 2 unspecified atom stereocenters. The zero-order valence-electron chi connectivity index (χ0n) is 13.4. The molecule has 116 valence electrons. The van der Waals surface area contributed by atoms with E-state index in [2.05, 4.69) is 21.9 Å². The third-order valence-corrected chi connectivity index (χ3v) is 5.00. The highest BCUT2D eigenvalue weighted by Crippen LogP contribution is 2.30. The Bertz CT molecular complexity index is 524. The van der Waals surface area contributed by atoms with Crippen LogP contribution in [0.3, 0.4) is 0 Å². The molecule has 0 aromatic carbocycles. The number of hydrogen-bond acceptors (Lipinski definition) is 3. The van der Waals surface area contributed by atoms with E-state index >= 15 is 0 Å². The predicted octanol–water partition coefficient (Wildman–Crippen LogP) is 1.91. The summed E-state index contributed by atoms with van der Waals surface area (Å²) in [5.74, 6) is 0.167. The van der Waals surface area contributed by atoms with Crippen LogP contribution in [0.4, 0.5) is 0 Å². The van der Waals surface area contributed by atoms with Crippen molar-refractivity contribution in [2.24, 2.45) is 0 Å². The molecule has 2 atom stereocenters. The molecular weight excluding hydrogens is 264 g/mol. The average Bonchev–Trinajstić information content (AvgIpc) is 3.16. The van der Waals surface area contributed by atoms with Gasteiger partial charge in [0.05, 0.1) is 5.69 Å². The van der Waals surface area contributed by atoms with Gasteiger partial charge in [-0.2, -0.15) is 5.10 Å². The fraction of sp³-hybridized carbons (Fsp3) is 0.750. The normalized spacial score (nSPS) is 26.7. The number of hydrogen-bond donors (Lipinski definition) is 0. The van der Waals surface area contributed by atoms with Crippen molar-refractivity contribution in [3.63, 3.8) is 0 Å². The fourth-order valence-corrected chi connectivity index (χ4v) is 3.97. The summed E-state index contributed by atoms with van der Waals surface area (Å²) in [4.78, 5) is 17.5. The first kappa shape index (κ1) is 14.6. The molecule has 0 spiro atoms. The highest BCUT2D eigenvalue weighted by atomic mass is 16.2. The smallest absolute Gasteiger partial charge is 0.272 e. The minimum absolute atomic E-state index is 0.167. The number of carbonyl (C=O) groups excluding carboxylic acids is 1. The molecular formula is C16H26N4O. The van der Waals surface area contributed by atoms with Crippen molar-refractivity contribution < 1.29 is 4.79 Å². The van der Waals surface area contributed by atoms with Gasteiger partial charge in [0.1, 0.15) is 5.69 Å². The second kappa shape index (κ2) is 5.79. The molecule has 3 heterocycles. The van der Waals surface area contributed by atoms with Gasteiger partial charge in [-0.3, -0.25) is 9.48 Å². The van der Waals surface area contributed by atoms with Gasteiger partial charge in [0.15, 0.2) is 0 Å². The molecule has 5 nitrogen and oxygen atoms in total. The average molecular weight is 290 g/mol. The number of likely N-dealkylation sites (tertiary alicyclic amines) is 2. The number of carbonyl (C=O) groups is 1. The Morgan fingerprint density at radius 2 is 2.00 bits per heavy atom. The summed E-state index contributed by atoms with van der Waals surface area (Å²) in [6, 6.07) is 2.85. The van der Waals surface area contributed by atoms with Crippen molar-refractivity contribution in [3.05, 3.63) is 17.5 Å². The van der Waals surface area contributed by atoms with Crippen molar-refractivity contribution in [1.82, 2.24) is 19.6 Å². The van der Waals surface area contributed by atoms with Crippen LogP contribution in [0.1, 0.15) is 48.8 Å². The van der Waals surface area contributed by atoms with Gasteiger partial charge in [-0.05, 0) is 59.2 Å². The van der Waals surface area contributed by atoms with Crippen LogP contribution in [0.15, 0.2) is 6.07 Å². The van der Waals surface area contributed by atoms with Gasteiger partial charge in [-0.15, -0.1) is 0 Å². The summed E-state index contributed by atoms with van der Waals surface area (Å²) in [6.45, 7) is 6.79. The van der Waals surface area contributed by atoms with Gasteiger partial charge in [-0.1, -0.05) is 0 Å².